The first kappa shape index (κ1) is 19.4. The second-order valence-corrected chi connectivity index (χ2v) is 7.10. The largest absolute Gasteiger partial charge is 0.478 e. The molecule has 1 aromatic heterocycles. The molecule has 0 aliphatic carbocycles. The zero-order valence-corrected chi connectivity index (χ0v) is 15.4. The van der Waals surface area contributed by atoms with Crippen LogP contribution >= 0.6 is 0 Å². The predicted octanol–water partition coefficient (Wildman–Crippen LogP) is 5.51. The predicted molar refractivity (Wildman–Crippen MR) is 102 cm³/mol. The van der Waals surface area contributed by atoms with Gasteiger partial charge in [0.2, 0.25) is 0 Å². The third-order valence-corrected chi connectivity index (χ3v) is 5.26. The van der Waals surface area contributed by atoms with E-state index in [0.29, 0.717) is 30.0 Å². The third kappa shape index (κ3) is 3.96. The lowest BCUT2D eigenvalue weighted by molar-refractivity contribution is -0.137. The van der Waals surface area contributed by atoms with Gasteiger partial charge in [0, 0.05) is 24.2 Å². The molecule has 0 amide bonds. The number of fused-ring (bicyclic) bond motifs is 1. The second-order valence-electron chi connectivity index (χ2n) is 7.10. The van der Waals surface area contributed by atoms with Crippen molar-refractivity contribution < 1.29 is 27.8 Å². The Morgan fingerprint density at radius 3 is 2.34 bits per heavy atom. The Kier molecular flexibility index (Phi) is 5.00. The summed E-state index contributed by atoms with van der Waals surface area (Å²) in [5.74, 6) is -0.834. The lowest BCUT2D eigenvalue weighted by Crippen LogP contribution is -2.14. The summed E-state index contributed by atoms with van der Waals surface area (Å²) in [5.41, 5.74) is 2.01. The molecule has 0 spiro atoms. The van der Waals surface area contributed by atoms with Crippen LogP contribution in [0.5, 0.6) is 0 Å². The van der Waals surface area contributed by atoms with Crippen molar-refractivity contribution in [1.82, 2.24) is 4.98 Å². The molecule has 4 rings (SSSR count). The van der Waals surface area contributed by atoms with E-state index in [2.05, 4.69) is 4.98 Å². The van der Waals surface area contributed by atoms with Gasteiger partial charge in [-0.15, -0.1) is 0 Å². The van der Waals surface area contributed by atoms with Crippen molar-refractivity contribution in [3.05, 3.63) is 65.2 Å². The lowest BCUT2D eigenvalue weighted by Gasteiger charge is -2.24. The summed E-state index contributed by atoms with van der Waals surface area (Å²) in [6.45, 7) is 1.27. The Balaban J connectivity index is 1.85. The number of benzene rings is 2. The summed E-state index contributed by atoms with van der Waals surface area (Å²) >= 11 is 0. The van der Waals surface area contributed by atoms with Crippen molar-refractivity contribution >= 4 is 16.9 Å². The van der Waals surface area contributed by atoms with Gasteiger partial charge in [-0.25, -0.2) is 9.78 Å². The molecular formula is C22H18F3NO3. The first-order valence-corrected chi connectivity index (χ1v) is 9.26. The van der Waals surface area contributed by atoms with Crippen LogP contribution in [0.4, 0.5) is 13.2 Å². The van der Waals surface area contributed by atoms with Gasteiger partial charge in [0.05, 0.1) is 22.3 Å². The average molecular weight is 401 g/mol. The average Bonchev–Trinajstić information content (AvgIpc) is 2.72. The van der Waals surface area contributed by atoms with Gasteiger partial charge in [0.1, 0.15) is 0 Å². The van der Waals surface area contributed by atoms with Crippen molar-refractivity contribution in [2.75, 3.05) is 13.2 Å². The molecular weight excluding hydrogens is 383 g/mol. The van der Waals surface area contributed by atoms with E-state index in [0.717, 1.165) is 35.9 Å². The maximum atomic E-state index is 12.9. The van der Waals surface area contributed by atoms with Crippen molar-refractivity contribution in [2.24, 2.45) is 0 Å². The van der Waals surface area contributed by atoms with E-state index in [1.807, 2.05) is 6.07 Å². The van der Waals surface area contributed by atoms with Gasteiger partial charge in [-0.3, -0.25) is 0 Å². The number of aromatic carboxylic acids is 1. The van der Waals surface area contributed by atoms with E-state index in [9.17, 15) is 23.1 Å². The Morgan fingerprint density at radius 1 is 1.03 bits per heavy atom. The number of rotatable bonds is 3. The SMILES string of the molecule is O=C(O)c1ccc2c(C3CCOCC3)cc(-c3ccc(C(F)(F)F)cc3)nc2c1. The number of alkyl halides is 3. The molecule has 1 fully saturated rings. The van der Waals surface area contributed by atoms with Crippen LogP contribution in [0.15, 0.2) is 48.5 Å². The number of halogens is 3. The molecule has 0 unspecified atom stereocenters. The van der Waals surface area contributed by atoms with E-state index < -0.39 is 17.7 Å². The van der Waals surface area contributed by atoms with E-state index in [1.54, 1.807) is 12.1 Å². The molecule has 1 saturated heterocycles. The maximum Gasteiger partial charge on any atom is 0.416 e. The smallest absolute Gasteiger partial charge is 0.416 e. The highest BCUT2D eigenvalue weighted by molar-refractivity contribution is 5.95. The molecule has 29 heavy (non-hydrogen) atoms. The fourth-order valence-corrected chi connectivity index (χ4v) is 3.71. The van der Waals surface area contributed by atoms with Gasteiger partial charge in [-0.2, -0.15) is 13.2 Å². The number of hydrogen-bond donors (Lipinski definition) is 1. The van der Waals surface area contributed by atoms with Crippen LogP contribution in [0.2, 0.25) is 0 Å². The van der Waals surface area contributed by atoms with Crippen LogP contribution in [-0.2, 0) is 10.9 Å². The van der Waals surface area contributed by atoms with Crippen molar-refractivity contribution in [3.63, 3.8) is 0 Å². The number of aromatic nitrogens is 1. The summed E-state index contributed by atoms with van der Waals surface area (Å²) in [4.78, 5) is 15.9. The van der Waals surface area contributed by atoms with Gasteiger partial charge in [0.25, 0.3) is 0 Å². The van der Waals surface area contributed by atoms with Crippen molar-refractivity contribution in [1.29, 1.82) is 0 Å². The molecule has 0 bridgehead atoms. The van der Waals surface area contributed by atoms with Gasteiger partial charge >= 0.3 is 12.1 Å². The number of pyridine rings is 1. The lowest BCUT2D eigenvalue weighted by atomic mass is 9.88. The number of carboxylic acid groups (broad SMARTS) is 1. The van der Waals surface area contributed by atoms with Gasteiger partial charge in [0.15, 0.2) is 0 Å². The number of ether oxygens (including phenoxy) is 1. The molecule has 150 valence electrons. The van der Waals surface area contributed by atoms with E-state index in [-0.39, 0.29) is 11.5 Å². The molecule has 0 saturated carbocycles. The van der Waals surface area contributed by atoms with Crippen molar-refractivity contribution in [3.8, 4) is 11.3 Å². The van der Waals surface area contributed by atoms with Gasteiger partial charge < -0.3 is 9.84 Å². The molecule has 0 atom stereocenters. The van der Waals surface area contributed by atoms with Crippen LogP contribution in [-0.4, -0.2) is 29.3 Å². The van der Waals surface area contributed by atoms with Crippen LogP contribution in [0.3, 0.4) is 0 Å². The molecule has 7 heteroatoms. The van der Waals surface area contributed by atoms with Gasteiger partial charge in [-0.1, -0.05) is 18.2 Å². The van der Waals surface area contributed by atoms with Gasteiger partial charge in [-0.05, 0) is 54.7 Å². The van der Waals surface area contributed by atoms with Crippen LogP contribution < -0.4 is 0 Å². The number of hydrogen-bond acceptors (Lipinski definition) is 3. The highest BCUT2D eigenvalue weighted by Gasteiger charge is 2.30. The summed E-state index contributed by atoms with van der Waals surface area (Å²) < 4.78 is 44.1. The minimum Gasteiger partial charge on any atom is -0.478 e. The summed E-state index contributed by atoms with van der Waals surface area (Å²) in [6, 6.07) is 11.6. The monoisotopic (exact) mass is 401 g/mol. The summed E-state index contributed by atoms with van der Waals surface area (Å²) in [7, 11) is 0. The molecule has 4 nitrogen and oxygen atoms in total. The molecule has 0 radical (unpaired) electrons. The zero-order chi connectivity index (χ0) is 20.6. The van der Waals surface area contributed by atoms with Crippen LogP contribution in [0, 0.1) is 0 Å². The molecule has 1 aliphatic rings. The third-order valence-electron chi connectivity index (χ3n) is 5.26. The topological polar surface area (TPSA) is 59.4 Å². The second kappa shape index (κ2) is 7.48. The summed E-state index contributed by atoms with van der Waals surface area (Å²) in [5, 5.41) is 10.2. The van der Waals surface area contributed by atoms with E-state index in [4.69, 9.17) is 4.74 Å². The Hall–Kier alpha value is -2.93. The molecule has 1 N–H and O–H groups in total. The van der Waals surface area contributed by atoms with Crippen LogP contribution in [0.25, 0.3) is 22.2 Å². The molecule has 2 aromatic carbocycles. The highest BCUT2D eigenvalue weighted by atomic mass is 19.4. The van der Waals surface area contributed by atoms with E-state index in [1.165, 1.54) is 18.2 Å². The minimum atomic E-state index is -4.40. The Morgan fingerprint density at radius 2 is 1.72 bits per heavy atom. The molecule has 3 aromatic rings. The molecule has 1 aliphatic heterocycles. The van der Waals surface area contributed by atoms with Crippen LogP contribution in [0.1, 0.15) is 40.2 Å². The number of carbonyl (C=O) groups is 1. The number of carboxylic acids is 1. The quantitative estimate of drug-likeness (QED) is 0.628. The fourth-order valence-electron chi connectivity index (χ4n) is 3.71. The maximum absolute atomic E-state index is 12.9. The Bertz CT molecular complexity index is 1060. The molecule has 2 heterocycles. The Labute approximate surface area is 165 Å². The highest BCUT2D eigenvalue weighted by Crippen LogP contribution is 2.36. The first-order valence-electron chi connectivity index (χ1n) is 9.26. The summed E-state index contributed by atoms with van der Waals surface area (Å²) in [6.07, 6.45) is -2.75. The van der Waals surface area contributed by atoms with E-state index >= 15 is 0 Å². The first-order chi connectivity index (χ1) is 13.8. The standard InChI is InChI=1S/C22H18F3NO3/c23-22(24,25)16-4-1-14(2-5-16)19-12-18(13-7-9-29-10-8-13)17-6-3-15(21(27)28)11-20(17)26-19/h1-6,11-13H,7-10H2,(H,27,28). The van der Waals surface area contributed by atoms with Crippen molar-refractivity contribution in [2.45, 2.75) is 24.9 Å². The number of nitrogens with zero attached hydrogens (tertiary/aromatic N) is 1. The zero-order valence-electron chi connectivity index (χ0n) is 15.4. The fraction of sp³-hybridized carbons (Fsp3) is 0.273. The minimum absolute atomic E-state index is 0.118. The normalized spacial score (nSPS) is 15.6.